The first-order chi connectivity index (χ1) is 7.52. The smallest absolute Gasteiger partial charge is 0.251 e. The van der Waals surface area contributed by atoms with Gasteiger partial charge in [0.2, 0.25) is 0 Å². The van der Waals surface area contributed by atoms with Gasteiger partial charge in [0.05, 0.1) is 5.25 Å². The minimum absolute atomic E-state index is 0.0774. The summed E-state index contributed by atoms with van der Waals surface area (Å²) in [5, 5.41) is 0.346. The molecule has 0 radical (unpaired) electrons. The second-order valence-corrected chi connectivity index (χ2v) is 4.99. The summed E-state index contributed by atoms with van der Waals surface area (Å²) in [6, 6.07) is 1.51. The molecule has 0 aliphatic heterocycles. The zero-order valence-corrected chi connectivity index (χ0v) is 10.6. The van der Waals surface area contributed by atoms with Gasteiger partial charge in [-0.2, -0.15) is 0 Å². The molecule has 1 unspecified atom stereocenters. The van der Waals surface area contributed by atoms with Crippen molar-refractivity contribution in [3.8, 4) is 0 Å². The van der Waals surface area contributed by atoms with E-state index in [9.17, 15) is 9.59 Å². The van der Waals surface area contributed by atoms with E-state index in [1.54, 1.807) is 6.92 Å². The lowest BCUT2D eigenvalue weighted by Gasteiger charge is -2.07. The van der Waals surface area contributed by atoms with Gasteiger partial charge in [-0.25, -0.2) is 4.98 Å². The van der Waals surface area contributed by atoms with Gasteiger partial charge in [0.25, 0.3) is 5.56 Å². The summed E-state index contributed by atoms with van der Waals surface area (Å²) in [6.07, 6.45) is 1.73. The minimum atomic E-state index is -0.181. The lowest BCUT2D eigenvalue weighted by Crippen LogP contribution is -2.14. The van der Waals surface area contributed by atoms with Crippen molar-refractivity contribution in [3.63, 3.8) is 0 Å². The maximum atomic E-state index is 11.3. The van der Waals surface area contributed by atoms with Crippen LogP contribution in [0.3, 0.4) is 0 Å². The first-order valence-corrected chi connectivity index (χ1v) is 6.18. The predicted molar refractivity (Wildman–Crippen MR) is 64.9 cm³/mol. The summed E-state index contributed by atoms with van der Waals surface area (Å²) in [5.74, 6) is 0.0774. The first kappa shape index (κ1) is 13.0. The van der Waals surface area contributed by atoms with Crippen LogP contribution in [0.5, 0.6) is 0 Å². The van der Waals surface area contributed by atoms with Gasteiger partial charge in [0.1, 0.15) is 5.78 Å². The Bertz CT molecular complexity index is 428. The maximum absolute atomic E-state index is 11.3. The first-order valence-electron chi connectivity index (χ1n) is 5.30. The van der Waals surface area contributed by atoms with E-state index < -0.39 is 0 Å². The van der Waals surface area contributed by atoms with Crippen molar-refractivity contribution in [1.29, 1.82) is 0 Å². The molecular weight excluding hydrogens is 224 g/mol. The van der Waals surface area contributed by atoms with Gasteiger partial charge < -0.3 is 4.98 Å². The van der Waals surface area contributed by atoms with Crippen molar-refractivity contribution in [2.45, 2.75) is 44.0 Å². The Morgan fingerprint density at radius 1 is 1.62 bits per heavy atom. The van der Waals surface area contributed by atoms with E-state index in [0.717, 1.165) is 18.5 Å². The molecule has 1 atom stereocenters. The van der Waals surface area contributed by atoms with Crippen LogP contribution >= 0.6 is 11.8 Å². The molecule has 0 aromatic carbocycles. The number of hydrogen-bond acceptors (Lipinski definition) is 4. The van der Waals surface area contributed by atoms with Gasteiger partial charge in [-0.05, 0) is 20.3 Å². The van der Waals surface area contributed by atoms with Crippen LogP contribution in [0, 0.1) is 0 Å². The van der Waals surface area contributed by atoms with Crippen LogP contribution in [0.1, 0.15) is 32.9 Å². The molecule has 1 aromatic rings. The molecule has 0 bridgehead atoms. The Morgan fingerprint density at radius 3 is 2.88 bits per heavy atom. The maximum Gasteiger partial charge on any atom is 0.251 e. The Hall–Kier alpha value is -1.10. The zero-order valence-electron chi connectivity index (χ0n) is 9.74. The van der Waals surface area contributed by atoms with Gasteiger partial charge in [-0.1, -0.05) is 25.1 Å². The molecule has 1 N–H and O–H groups in total. The monoisotopic (exact) mass is 240 g/mol. The molecule has 0 aliphatic carbocycles. The van der Waals surface area contributed by atoms with Crippen LogP contribution in [0.2, 0.25) is 0 Å². The number of nitrogens with one attached hydrogen (secondary N) is 1. The number of aromatic amines is 1. The summed E-state index contributed by atoms with van der Waals surface area (Å²) in [5.41, 5.74) is 0.626. The second-order valence-electron chi connectivity index (χ2n) is 3.66. The number of rotatable bonds is 5. The lowest BCUT2D eigenvalue weighted by atomic mass is 10.2. The number of aryl methyl sites for hydroxylation is 1. The van der Waals surface area contributed by atoms with E-state index in [-0.39, 0.29) is 16.6 Å². The molecule has 0 aliphatic rings. The fourth-order valence-electron chi connectivity index (χ4n) is 1.17. The minimum Gasteiger partial charge on any atom is -0.301 e. The molecule has 0 spiro atoms. The fourth-order valence-corrected chi connectivity index (χ4v) is 2.00. The number of aromatic nitrogens is 2. The van der Waals surface area contributed by atoms with Crippen LogP contribution < -0.4 is 5.56 Å². The number of carbonyl (C=O) groups excluding carboxylic acids is 1. The van der Waals surface area contributed by atoms with Gasteiger partial charge in [-0.15, -0.1) is 0 Å². The predicted octanol–water partition coefficient (Wildman–Crippen LogP) is 1.79. The highest BCUT2D eigenvalue weighted by Gasteiger charge is 2.11. The van der Waals surface area contributed by atoms with Gasteiger partial charge in [0, 0.05) is 11.8 Å². The molecule has 88 valence electrons. The molecule has 0 fully saturated rings. The molecule has 1 rings (SSSR count). The van der Waals surface area contributed by atoms with Crippen LogP contribution in [0.15, 0.2) is 16.0 Å². The summed E-state index contributed by atoms with van der Waals surface area (Å²) < 4.78 is 0. The van der Waals surface area contributed by atoms with Crippen molar-refractivity contribution < 1.29 is 4.79 Å². The van der Waals surface area contributed by atoms with Crippen molar-refractivity contribution in [1.82, 2.24) is 9.97 Å². The van der Waals surface area contributed by atoms with Gasteiger partial charge in [0.15, 0.2) is 5.16 Å². The molecule has 1 aromatic heterocycles. The van der Waals surface area contributed by atoms with E-state index in [2.05, 4.69) is 9.97 Å². The average Bonchev–Trinajstić information content (AvgIpc) is 2.16. The number of H-pyrrole nitrogens is 1. The van der Waals surface area contributed by atoms with Crippen LogP contribution in [-0.2, 0) is 11.2 Å². The number of ketones is 1. The zero-order chi connectivity index (χ0) is 12.1. The van der Waals surface area contributed by atoms with Crippen molar-refractivity contribution in [2.24, 2.45) is 0 Å². The van der Waals surface area contributed by atoms with Crippen LogP contribution in [0.25, 0.3) is 0 Å². The molecule has 4 nitrogen and oxygen atoms in total. The standard InChI is InChI=1S/C11H16N2O2S/c1-4-5-9-6-10(15)13-11(12-9)16-8(3)7(2)14/h6,8H,4-5H2,1-3H3,(H,12,13,15). The summed E-state index contributed by atoms with van der Waals surface area (Å²) >= 11 is 1.29. The number of carbonyl (C=O) groups is 1. The normalized spacial score (nSPS) is 12.4. The average molecular weight is 240 g/mol. The third kappa shape index (κ3) is 3.81. The summed E-state index contributed by atoms with van der Waals surface area (Å²) in [4.78, 5) is 29.4. The highest BCUT2D eigenvalue weighted by Crippen LogP contribution is 2.18. The van der Waals surface area contributed by atoms with Crippen LogP contribution in [0.4, 0.5) is 0 Å². The topological polar surface area (TPSA) is 62.8 Å². The van der Waals surface area contributed by atoms with E-state index >= 15 is 0 Å². The number of thioether (sulfide) groups is 1. The van der Waals surface area contributed by atoms with Crippen molar-refractivity contribution >= 4 is 17.5 Å². The van der Waals surface area contributed by atoms with E-state index in [0.29, 0.717) is 5.16 Å². The molecule has 0 saturated heterocycles. The number of hydrogen-bond donors (Lipinski definition) is 1. The summed E-state index contributed by atoms with van der Waals surface area (Å²) in [6.45, 7) is 5.37. The SMILES string of the molecule is CCCc1cc(=O)[nH]c(SC(C)C(C)=O)n1. The van der Waals surface area contributed by atoms with Gasteiger partial charge in [-0.3, -0.25) is 9.59 Å². The molecular formula is C11H16N2O2S. The quantitative estimate of drug-likeness (QED) is 0.629. The van der Waals surface area contributed by atoms with E-state index in [4.69, 9.17) is 0 Å². The Kier molecular flexibility index (Phi) is 4.73. The number of nitrogens with zero attached hydrogens (tertiary/aromatic N) is 1. The highest BCUT2D eigenvalue weighted by atomic mass is 32.2. The highest BCUT2D eigenvalue weighted by molar-refractivity contribution is 8.00. The van der Waals surface area contributed by atoms with Crippen molar-refractivity contribution in [2.75, 3.05) is 0 Å². The Labute approximate surface area is 98.9 Å². The van der Waals surface area contributed by atoms with E-state index in [1.165, 1.54) is 24.8 Å². The Morgan fingerprint density at radius 2 is 2.31 bits per heavy atom. The Balaban J connectivity index is 2.88. The molecule has 16 heavy (non-hydrogen) atoms. The fraction of sp³-hybridized carbons (Fsp3) is 0.545. The van der Waals surface area contributed by atoms with Gasteiger partial charge >= 0.3 is 0 Å². The summed E-state index contributed by atoms with van der Waals surface area (Å²) in [7, 11) is 0. The second kappa shape index (κ2) is 5.84. The third-order valence-electron chi connectivity index (χ3n) is 2.14. The lowest BCUT2D eigenvalue weighted by molar-refractivity contribution is -0.116. The largest absolute Gasteiger partial charge is 0.301 e. The van der Waals surface area contributed by atoms with Crippen molar-refractivity contribution in [3.05, 3.63) is 22.1 Å². The molecule has 0 amide bonds. The third-order valence-corrected chi connectivity index (χ3v) is 3.24. The van der Waals surface area contributed by atoms with Crippen LogP contribution in [-0.4, -0.2) is 21.0 Å². The molecule has 1 heterocycles. The molecule has 0 saturated carbocycles. The molecule has 5 heteroatoms. The number of Topliss-reactive ketones (excluding diaryl/α,β-unsaturated/α-hetero) is 1. The van der Waals surface area contributed by atoms with E-state index in [1.807, 2.05) is 6.92 Å².